The Morgan fingerprint density at radius 1 is 1.43 bits per heavy atom. The van der Waals surface area contributed by atoms with Crippen molar-refractivity contribution in [3.63, 3.8) is 0 Å². The molecule has 2 N–H and O–H groups in total. The Labute approximate surface area is 86.7 Å². The zero-order chi connectivity index (χ0) is 10.6. The van der Waals surface area contributed by atoms with Crippen LogP contribution in [0, 0.1) is 11.6 Å². The van der Waals surface area contributed by atoms with Gasteiger partial charge >= 0.3 is 0 Å². The summed E-state index contributed by atoms with van der Waals surface area (Å²) in [6.45, 7) is 1.90. The predicted molar refractivity (Wildman–Crippen MR) is 56.2 cm³/mol. The van der Waals surface area contributed by atoms with Gasteiger partial charge in [-0.1, -0.05) is 6.07 Å². The van der Waals surface area contributed by atoms with E-state index in [4.69, 9.17) is 5.73 Å². The molecule has 0 aliphatic rings. The van der Waals surface area contributed by atoms with Crippen molar-refractivity contribution in [2.24, 2.45) is 5.73 Å². The summed E-state index contributed by atoms with van der Waals surface area (Å²) in [5.41, 5.74) is 6.07. The van der Waals surface area contributed by atoms with Crippen LogP contribution >= 0.6 is 11.8 Å². The first-order valence-corrected chi connectivity index (χ1v) is 5.52. The van der Waals surface area contributed by atoms with E-state index in [9.17, 15) is 8.78 Å². The molecule has 0 fully saturated rings. The van der Waals surface area contributed by atoms with Gasteiger partial charge in [-0.3, -0.25) is 0 Å². The maximum Gasteiger partial charge on any atom is 0.130 e. The van der Waals surface area contributed by atoms with Crippen molar-refractivity contribution in [2.45, 2.75) is 18.7 Å². The van der Waals surface area contributed by atoms with Crippen molar-refractivity contribution in [3.8, 4) is 0 Å². The van der Waals surface area contributed by atoms with Crippen LogP contribution in [0.3, 0.4) is 0 Å². The molecule has 1 aromatic carbocycles. The summed E-state index contributed by atoms with van der Waals surface area (Å²) in [6, 6.07) is 3.74. The van der Waals surface area contributed by atoms with Gasteiger partial charge < -0.3 is 5.73 Å². The quantitative estimate of drug-likeness (QED) is 0.838. The number of hydrogen-bond donors (Lipinski definition) is 1. The molecule has 0 radical (unpaired) electrons. The summed E-state index contributed by atoms with van der Waals surface area (Å²) >= 11 is 1.55. The van der Waals surface area contributed by atoms with Gasteiger partial charge in [0.2, 0.25) is 0 Å². The largest absolute Gasteiger partial charge is 0.327 e. The Bertz CT molecular complexity index is 302. The molecule has 0 spiro atoms. The molecule has 0 aliphatic carbocycles. The fourth-order valence-electron chi connectivity index (χ4n) is 0.994. The lowest BCUT2D eigenvalue weighted by Gasteiger charge is -2.05. The lowest BCUT2D eigenvalue weighted by Crippen LogP contribution is -2.17. The molecule has 4 heteroatoms. The van der Waals surface area contributed by atoms with Gasteiger partial charge in [-0.15, -0.1) is 0 Å². The summed E-state index contributed by atoms with van der Waals surface area (Å²) in [5, 5.41) is 0. The minimum absolute atomic E-state index is 0.100. The molecule has 1 aromatic rings. The molecule has 0 saturated carbocycles. The topological polar surface area (TPSA) is 26.0 Å². The summed E-state index contributed by atoms with van der Waals surface area (Å²) in [6.07, 6.45) is 0. The number of nitrogens with two attached hydrogens (primary N) is 1. The second kappa shape index (κ2) is 5.32. The van der Waals surface area contributed by atoms with Crippen molar-refractivity contribution >= 4 is 11.8 Å². The minimum Gasteiger partial charge on any atom is -0.327 e. The first kappa shape index (κ1) is 11.5. The van der Waals surface area contributed by atoms with E-state index in [-0.39, 0.29) is 6.04 Å². The average Bonchev–Trinajstić information content (AvgIpc) is 2.08. The van der Waals surface area contributed by atoms with E-state index in [0.717, 1.165) is 11.8 Å². The summed E-state index contributed by atoms with van der Waals surface area (Å²) in [7, 11) is 0. The number of benzene rings is 1. The first-order valence-electron chi connectivity index (χ1n) is 4.37. The van der Waals surface area contributed by atoms with Gasteiger partial charge in [0.1, 0.15) is 11.6 Å². The normalized spacial score (nSPS) is 12.9. The lowest BCUT2D eigenvalue weighted by atomic mass is 10.2. The molecule has 1 rings (SSSR count). The van der Waals surface area contributed by atoms with Crippen LogP contribution in [0.15, 0.2) is 18.2 Å². The van der Waals surface area contributed by atoms with Gasteiger partial charge in [-0.2, -0.15) is 11.8 Å². The number of rotatable bonds is 4. The van der Waals surface area contributed by atoms with Crippen LogP contribution in [0.5, 0.6) is 0 Å². The van der Waals surface area contributed by atoms with Crippen molar-refractivity contribution in [3.05, 3.63) is 35.4 Å². The highest BCUT2D eigenvalue weighted by Gasteiger charge is 2.04. The van der Waals surface area contributed by atoms with Gasteiger partial charge in [0.15, 0.2) is 0 Å². The highest BCUT2D eigenvalue weighted by Crippen LogP contribution is 2.16. The zero-order valence-electron chi connectivity index (χ0n) is 7.97. The van der Waals surface area contributed by atoms with E-state index >= 15 is 0 Å². The van der Waals surface area contributed by atoms with Crippen LogP contribution in [0.4, 0.5) is 8.78 Å². The third kappa shape index (κ3) is 3.64. The molecule has 1 atom stereocenters. The molecule has 78 valence electrons. The van der Waals surface area contributed by atoms with Crippen LogP contribution < -0.4 is 5.73 Å². The fraction of sp³-hybridized carbons (Fsp3) is 0.400. The second-order valence-electron chi connectivity index (χ2n) is 3.23. The number of halogens is 2. The Balaban J connectivity index is 2.51. The molecule has 0 saturated heterocycles. The van der Waals surface area contributed by atoms with Crippen LogP contribution in [-0.4, -0.2) is 11.8 Å². The Morgan fingerprint density at radius 3 is 2.71 bits per heavy atom. The average molecular weight is 217 g/mol. The fourth-order valence-corrected chi connectivity index (χ4v) is 1.94. The van der Waals surface area contributed by atoms with Gasteiger partial charge in [-0.05, 0) is 18.6 Å². The van der Waals surface area contributed by atoms with Crippen LogP contribution in [0.1, 0.15) is 12.5 Å². The van der Waals surface area contributed by atoms with Crippen LogP contribution in [0.25, 0.3) is 0 Å². The molecule has 0 amide bonds. The molecule has 1 nitrogen and oxygen atoms in total. The molecule has 14 heavy (non-hydrogen) atoms. The molecule has 1 unspecified atom stereocenters. The smallest absolute Gasteiger partial charge is 0.130 e. The van der Waals surface area contributed by atoms with Gasteiger partial charge in [0.05, 0.1) is 0 Å². The van der Waals surface area contributed by atoms with Crippen molar-refractivity contribution < 1.29 is 8.78 Å². The zero-order valence-corrected chi connectivity index (χ0v) is 8.78. The molecule has 0 bridgehead atoms. The van der Waals surface area contributed by atoms with Crippen molar-refractivity contribution in [1.82, 2.24) is 0 Å². The van der Waals surface area contributed by atoms with Gasteiger partial charge in [0, 0.05) is 23.6 Å². The van der Waals surface area contributed by atoms with E-state index in [2.05, 4.69) is 0 Å². The van der Waals surface area contributed by atoms with Crippen LogP contribution in [-0.2, 0) is 5.75 Å². The highest BCUT2D eigenvalue weighted by molar-refractivity contribution is 7.98. The monoisotopic (exact) mass is 217 g/mol. The summed E-state index contributed by atoms with van der Waals surface area (Å²) in [5.74, 6) is 0.287. The molecular formula is C10H13F2NS. The predicted octanol–water partition coefficient (Wildman–Crippen LogP) is 2.55. The van der Waals surface area contributed by atoms with Crippen molar-refractivity contribution in [2.75, 3.05) is 5.75 Å². The van der Waals surface area contributed by atoms with Crippen LogP contribution in [0.2, 0.25) is 0 Å². The maximum absolute atomic E-state index is 13.1. The standard InChI is InChI=1S/C10H13F2NS/c1-7(13)5-14-6-8-2-3-9(11)4-10(8)12/h2-4,7H,5-6,13H2,1H3. The molecule has 0 aliphatic heterocycles. The maximum atomic E-state index is 13.1. The number of hydrogen-bond acceptors (Lipinski definition) is 2. The summed E-state index contributed by atoms with van der Waals surface area (Å²) < 4.78 is 25.6. The first-order chi connectivity index (χ1) is 6.59. The van der Waals surface area contributed by atoms with E-state index in [1.54, 1.807) is 11.8 Å². The summed E-state index contributed by atoms with van der Waals surface area (Å²) in [4.78, 5) is 0. The van der Waals surface area contributed by atoms with Gasteiger partial charge in [-0.25, -0.2) is 8.78 Å². The third-order valence-electron chi connectivity index (χ3n) is 1.65. The Hall–Kier alpha value is -0.610. The molecule has 0 aromatic heterocycles. The SMILES string of the molecule is CC(N)CSCc1ccc(F)cc1F. The van der Waals surface area contributed by atoms with Crippen molar-refractivity contribution in [1.29, 1.82) is 0 Å². The molecule has 0 heterocycles. The van der Waals surface area contributed by atoms with E-state index in [0.29, 0.717) is 11.3 Å². The van der Waals surface area contributed by atoms with E-state index in [1.165, 1.54) is 12.1 Å². The van der Waals surface area contributed by atoms with Gasteiger partial charge in [0.25, 0.3) is 0 Å². The van der Waals surface area contributed by atoms with E-state index < -0.39 is 11.6 Å². The lowest BCUT2D eigenvalue weighted by molar-refractivity contribution is 0.576. The number of thioether (sulfide) groups is 1. The highest BCUT2D eigenvalue weighted by atomic mass is 32.2. The Kier molecular flexibility index (Phi) is 4.35. The van der Waals surface area contributed by atoms with E-state index in [1.807, 2.05) is 6.92 Å². The molecular weight excluding hydrogens is 204 g/mol. The Morgan fingerprint density at radius 2 is 2.14 bits per heavy atom. The second-order valence-corrected chi connectivity index (χ2v) is 4.26. The minimum atomic E-state index is -0.538. The third-order valence-corrected chi connectivity index (χ3v) is 2.93.